The SMILES string of the molecule is CCNC(=NCc1cccc(F)c1)NCc1ccc(S(=O)(=O)N(C)C)cc1.I. The molecule has 0 saturated carbocycles. The number of aliphatic imine (C=N–C) groups is 1. The molecule has 0 aliphatic rings. The van der Waals surface area contributed by atoms with E-state index in [9.17, 15) is 12.8 Å². The average molecular weight is 520 g/mol. The Morgan fingerprint density at radius 3 is 2.32 bits per heavy atom. The summed E-state index contributed by atoms with van der Waals surface area (Å²) in [5.41, 5.74) is 1.70. The summed E-state index contributed by atoms with van der Waals surface area (Å²) in [6, 6.07) is 13.0. The lowest BCUT2D eigenvalue weighted by Gasteiger charge is -2.13. The molecule has 2 aromatic rings. The van der Waals surface area contributed by atoms with Crippen LogP contribution >= 0.6 is 24.0 Å². The van der Waals surface area contributed by atoms with E-state index in [0.29, 0.717) is 25.6 Å². The maximum Gasteiger partial charge on any atom is 0.242 e. The molecule has 0 aromatic heterocycles. The van der Waals surface area contributed by atoms with E-state index in [1.807, 2.05) is 13.0 Å². The Morgan fingerprint density at radius 2 is 1.75 bits per heavy atom. The highest BCUT2D eigenvalue weighted by Gasteiger charge is 2.16. The summed E-state index contributed by atoms with van der Waals surface area (Å²) in [7, 11) is -0.425. The summed E-state index contributed by atoms with van der Waals surface area (Å²) in [4.78, 5) is 4.70. The van der Waals surface area contributed by atoms with E-state index in [1.54, 1.807) is 30.3 Å². The topological polar surface area (TPSA) is 73.8 Å². The molecule has 2 N–H and O–H groups in total. The van der Waals surface area contributed by atoms with Crippen LogP contribution in [-0.2, 0) is 23.1 Å². The van der Waals surface area contributed by atoms with Gasteiger partial charge in [-0.05, 0) is 42.3 Å². The normalized spacial score (nSPS) is 11.8. The van der Waals surface area contributed by atoms with Crippen molar-refractivity contribution in [1.82, 2.24) is 14.9 Å². The van der Waals surface area contributed by atoms with Gasteiger partial charge in [0, 0.05) is 27.2 Å². The van der Waals surface area contributed by atoms with Crippen LogP contribution in [0.5, 0.6) is 0 Å². The fourth-order valence-electron chi connectivity index (χ4n) is 2.32. The van der Waals surface area contributed by atoms with E-state index in [-0.39, 0.29) is 34.7 Å². The average Bonchev–Trinajstić information content (AvgIpc) is 2.64. The van der Waals surface area contributed by atoms with E-state index >= 15 is 0 Å². The van der Waals surface area contributed by atoms with Crippen LogP contribution in [0.3, 0.4) is 0 Å². The minimum atomic E-state index is -3.43. The predicted octanol–water partition coefficient (Wildman–Crippen LogP) is 2.95. The lowest BCUT2D eigenvalue weighted by Crippen LogP contribution is -2.36. The Hall–Kier alpha value is -1.72. The maximum absolute atomic E-state index is 13.2. The molecule has 0 fully saturated rings. The molecule has 154 valence electrons. The third-order valence-corrected chi connectivity index (χ3v) is 5.64. The molecule has 0 aliphatic heterocycles. The summed E-state index contributed by atoms with van der Waals surface area (Å²) < 4.78 is 38.6. The molecule has 0 radical (unpaired) electrons. The van der Waals surface area contributed by atoms with Gasteiger partial charge in [0.05, 0.1) is 11.4 Å². The van der Waals surface area contributed by atoms with Crippen molar-refractivity contribution >= 4 is 40.0 Å². The third kappa shape index (κ3) is 7.02. The van der Waals surface area contributed by atoms with Crippen molar-refractivity contribution in [3.05, 3.63) is 65.5 Å². The second-order valence-electron chi connectivity index (χ2n) is 6.11. The van der Waals surface area contributed by atoms with Gasteiger partial charge in [-0.15, -0.1) is 24.0 Å². The predicted molar refractivity (Wildman–Crippen MR) is 121 cm³/mol. The van der Waals surface area contributed by atoms with Crippen molar-refractivity contribution in [2.45, 2.75) is 24.9 Å². The fourth-order valence-corrected chi connectivity index (χ4v) is 3.22. The quantitative estimate of drug-likeness (QED) is 0.335. The first-order valence-electron chi connectivity index (χ1n) is 8.61. The summed E-state index contributed by atoms with van der Waals surface area (Å²) >= 11 is 0. The first kappa shape index (κ1) is 24.3. The fraction of sp³-hybridized carbons (Fsp3) is 0.316. The maximum atomic E-state index is 13.2. The summed E-state index contributed by atoms with van der Waals surface area (Å²) in [5.74, 6) is 0.320. The van der Waals surface area contributed by atoms with Gasteiger partial charge in [0.25, 0.3) is 0 Å². The molecule has 0 aliphatic carbocycles. The standard InChI is InChI=1S/C19H25FN4O2S.HI/c1-4-21-19(23-14-16-6-5-7-17(20)12-16)22-13-15-8-10-18(11-9-15)27(25,26)24(2)3;/h5-12H,4,13-14H2,1-3H3,(H2,21,22,23);1H. The zero-order valence-corrected chi connectivity index (χ0v) is 19.3. The number of nitrogens with one attached hydrogen (secondary N) is 2. The molecular weight excluding hydrogens is 494 g/mol. The first-order valence-corrected chi connectivity index (χ1v) is 10.0. The highest BCUT2D eigenvalue weighted by molar-refractivity contribution is 14.0. The van der Waals surface area contributed by atoms with E-state index in [1.165, 1.54) is 30.5 Å². The van der Waals surface area contributed by atoms with E-state index in [4.69, 9.17) is 0 Å². The van der Waals surface area contributed by atoms with Crippen molar-refractivity contribution in [2.24, 2.45) is 4.99 Å². The van der Waals surface area contributed by atoms with Crippen LogP contribution in [0, 0.1) is 5.82 Å². The molecule has 0 heterocycles. The zero-order chi connectivity index (χ0) is 19.9. The summed E-state index contributed by atoms with van der Waals surface area (Å²) in [6.45, 7) is 3.49. The van der Waals surface area contributed by atoms with Crippen molar-refractivity contribution in [2.75, 3.05) is 20.6 Å². The minimum absolute atomic E-state index is 0. The molecule has 2 aromatic carbocycles. The number of benzene rings is 2. The molecule has 0 spiro atoms. The van der Waals surface area contributed by atoms with Crippen LogP contribution < -0.4 is 10.6 Å². The van der Waals surface area contributed by atoms with Crippen molar-refractivity contribution in [1.29, 1.82) is 0 Å². The van der Waals surface area contributed by atoms with Crippen LogP contribution in [0.15, 0.2) is 58.4 Å². The van der Waals surface area contributed by atoms with Gasteiger partial charge in [-0.25, -0.2) is 22.1 Å². The van der Waals surface area contributed by atoms with Gasteiger partial charge < -0.3 is 10.6 Å². The van der Waals surface area contributed by atoms with Gasteiger partial charge in [-0.3, -0.25) is 0 Å². The van der Waals surface area contributed by atoms with E-state index in [2.05, 4.69) is 15.6 Å². The van der Waals surface area contributed by atoms with E-state index < -0.39 is 10.0 Å². The van der Waals surface area contributed by atoms with Gasteiger partial charge in [0.2, 0.25) is 10.0 Å². The first-order chi connectivity index (χ1) is 12.8. The smallest absolute Gasteiger partial charge is 0.242 e. The van der Waals surface area contributed by atoms with Crippen LogP contribution in [-0.4, -0.2) is 39.3 Å². The number of hydrogen-bond donors (Lipinski definition) is 2. The Kier molecular flexibility index (Phi) is 9.83. The summed E-state index contributed by atoms with van der Waals surface area (Å²) in [6.07, 6.45) is 0. The second-order valence-corrected chi connectivity index (χ2v) is 8.26. The highest BCUT2D eigenvalue weighted by atomic mass is 127. The van der Waals surface area contributed by atoms with Crippen molar-refractivity contribution in [3.8, 4) is 0 Å². The number of rotatable bonds is 7. The minimum Gasteiger partial charge on any atom is -0.357 e. The lowest BCUT2D eigenvalue weighted by molar-refractivity contribution is 0.520. The van der Waals surface area contributed by atoms with Crippen molar-refractivity contribution in [3.63, 3.8) is 0 Å². The van der Waals surface area contributed by atoms with Gasteiger partial charge in [-0.2, -0.15) is 0 Å². The van der Waals surface area contributed by atoms with Crippen LogP contribution in [0.25, 0.3) is 0 Å². The molecule has 6 nitrogen and oxygen atoms in total. The molecule has 0 saturated heterocycles. The van der Waals surface area contributed by atoms with Gasteiger partial charge in [0.15, 0.2) is 5.96 Å². The molecule has 0 atom stereocenters. The molecule has 9 heteroatoms. The van der Waals surface area contributed by atoms with Gasteiger partial charge in [0.1, 0.15) is 5.82 Å². The Labute approximate surface area is 183 Å². The number of guanidine groups is 1. The molecular formula is C19H26FIN4O2S. The molecule has 0 amide bonds. The zero-order valence-electron chi connectivity index (χ0n) is 16.1. The largest absolute Gasteiger partial charge is 0.357 e. The molecule has 2 rings (SSSR count). The van der Waals surface area contributed by atoms with Crippen LogP contribution in [0.4, 0.5) is 4.39 Å². The van der Waals surface area contributed by atoms with Crippen molar-refractivity contribution < 1.29 is 12.8 Å². The van der Waals surface area contributed by atoms with Gasteiger partial charge >= 0.3 is 0 Å². The van der Waals surface area contributed by atoms with Crippen LogP contribution in [0.1, 0.15) is 18.1 Å². The Morgan fingerprint density at radius 1 is 1.07 bits per heavy atom. The Bertz CT molecular complexity index is 887. The monoisotopic (exact) mass is 520 g/mol. The number of sulfonamides is 1. The third-order valence-electron chi connectivity index (χ3n) is 3.81. The molecule has 28 heavy (non-hydrogen) atoms. The molecule has 0 bridgehead atoms. The Balaban J connectivity index is 0.00000392. The second kappa shape index (κ2) is 11.3. The summed E-state index contributed by atoms with van der Waals surface area (Å²) in [5, 5.41) is 6.32. The number of halogens is 2. The lowest BCUT2D eigenvalue weighted by atomic mass is 10.2. The highest BCUT2D eigenvalue weighted by Crippen LogP contribution is 2.14. The molecule has 0 unspecified atom stereocenters. The van der Waals surface area contributed by atoms with Crippen LogP contribution in [0.2, 0.25) is 0 Å². The van der Waals surface area contributed by atoms with Gasteiger partial charge in [-0.1, -0.05) is 24.3 Å². The number of hydrogen-bond acceptors (Lipinski definition) is 3. The number of nitrogens with zero attached hydrogens (tertiary/aromatic N) is 2. The van der Waals surface area contributed by atoms with E-state index in [0.717, 1.165) is 11.1 Å².